The molecule has 0 spiro atoms. The molecular weight excluding hydrogens is 250 g/mol. The van der Waals surface area contributed by atoms with E-state index in [1.165, 1.54) is 24.5 Å². The normalized spacial score (nSPS) is 11.2. The molecule has 1 aromatic heterocycles. The summed E-state index contributed by atoms with van der Waals surface area (Å²) in [5.74, 6) is -0.455. The summed E-state index contributed by atoms with van der Waals surface area (Å²) in [6.07, 6.45) is 1.49. The van der Waals surface area contributed by atoms with Gasteiger partial charge in [-0.2, -0.15) is 0 Å². The number of hydrogen-bond acceptors (Lipinski definition) is 4. The third kappa shape index (κ3) is 2.34. The molecule has 18 heavy (non-hydrogen) atoms. The van der Waals surface area contributed by atoms with Crippen molar-refractivity contribution in [2.45, 2.75) is 0 Å². The molecule has 0 fully saturated rings. The lowest BCUT2D eigenvalue weighted by Crippen LogP contribution is -2.00. The highest BCUT2D eigenvalue weighted by Gasteiger charge is 2.10. The van der Waals surface area contributed by atoms with Crippen LogP contribution in [0.25, 0.3) is 21.0 Å². The minimum absolute atomic E-state index is 0.0618. The summed E-state index contributed by atoms with van der Waals surface area (Å²) in [7, 11) is 1.24. The Balaban J connectivity index is 2.46. The van der Waals surface area contributed by atoms with E-state index in [4.69, 9.17) is 6.57 Å². The smallest absolute Gasteiger partial charge is 0.336 e. The van der Waals surface area contributed by atoms with Gasteiger partial charge in [0.2, 0.25) is 0 Å². The first kappa shape index (κ1) is 12.1. The van der Waals surface area contributed by atoms with Crippen LogP contribution in [0.4, 0.5) is 0 Å². The number of esters is 1. The number of fused-ring (bicyclic) bond motifs is 1. The van der Waals surface area contributed by atoms with Crippen LogP contribution < -0.4 is 0 Å². The largest absolute Gasteiger partial charge is 0.508 e. The summed E-state index contributed by atoms with van der Waals surface area (Å²) in [6.45, 7) is 6.93. The summed E-state index contributed by atoms with van der Waals surface area (Å²) in [5, 5.41) is 10.3. The Kier molecular flexibility index (Phi) is 3.31. The van der Waals surface area contributed by atoms with Crippen LogP contribution in [0, 0.1) is 6.57 Å². The maximum absolute atomic E-state index is 11.3. The molecule has 0 saturated carbocycles. The first-order valence-electron chi connectivity index (χ1n) is 5.04. The molecule has 4 nitrogen and oxygen atoms in total. The number of ether oxygens (including phenoxy) is 1. The number of methoxy groups -OCH3 is 1. The number of hydrogen-bond donors (Lipinski definition) is 1. The maximum Gasteiger partial charge on any atom is 0.336 e. The zero-order chi connectivity index (χ0) is 13.1. The molecule has 0 unspecified atom stereocenters. The van der Waals surface area contributed by atoms with E-state index in [2.05, 4.69) is 9.58 Å². The van der Waals surface area contributed by atoms with Gasteiger partial charge in [-0.3, -0.25) is 4.79 Å². The van der Waals surface area contributed by atoms with E-state index in [-0.39, 0.29) is 11.4 Å². The third-order valence-corrected chi connectivity index (χ3v) is 3.36. The van der Waals surface area contributed by atoms with E-state index < -0.39 is 5.97 Å². The van der Waals surface area contributed by atoms with Crippen molar-refractivity contribution in [2.24, 2.45) is 0 Å². The molecular formula is C13H9NO3S. The minimum atomic E-state index is -0.648. The Morgan fingerprint density at radius 1 is 1.50 bits per heavy atom. The SMILES string of the molecule is [C-]#[N+]/C(=C\c1cc2ccc(O)cc2s1)C(=O)OC. The minimum Gasteiger partial charge on any atom is -0.508 e. The van der Waals surface area contributed by atoms with Crippen molar-refractivity contribution in [3.8, 4) is 5.75 Å². The Morgan fingerprint density at radius 2 is 2.28 bits per heavy atom. The van der Waals surface area contributed by atoms with Gasteiger partial charge in [0.15, 0.2) is 0 Å². The van der Waals surface area contributed by atoms with Crippen LogP contribution in [0.15, 0.2) is 30.0 Å². The van der Waals surface area contributed by atoms with Crippen LogP contribution in [0.1, 0.15) is 4.88 Å². The highest BCUT2D eigenvalue weighted by molar-refractivity contribution is 7.19. The number of carbonyl (C=O) groups is 1. The fourth-order valence-corrected chi connectivity index (χ4v) is 2.52. The van der Waals surface area contributed by atoms with Gasteiger partial charge in [-0.05, 0) is 35.7 Å². The molecule has 0 amide bonds. The third-order valence-electron chi connectivity index (χ3n) is 2.32. The van der Waals surface area contributed by atoms with E-state index in [9.17, 15) is 9.90 Å². The number of phenols is 1. The lowest BCUT2D eigenvalue weighted by atomic mass is 10.2. The van der Waals surface area contributed by atoms with Gasteiger partial charge in [-0.15, -0.1) is 11.3 Å². The Morgan fingerprint density at radius 3 is 2.94 bits per heavy atom. The van der Waals surface area contributed by atoms with Gasteiger partial charge in [0.05, 0.1) is 13.7 Å². The van der Waals surface area contributed by atoms with Gasteiger partial charge in [0.1, 0.15) is 5.75 Å². The molecule has 0 saturated heterocycles. The van der Waals surface area contributed by atoms with Crippen molar-refractivity contribution in [3.05, 3.63) is 46.3 Å². The number of benzene rings is 1. The lowest BCUT2D eigenvalue weighted by Gasteiger charge is -1.94. The molecule has 5 heteroatoms. The summed E-state index contributed by atoms with van der Waals surface area (Å²) in [5.41, 5.74) is -0.0618. The van der Waals surface area contributed by atoms with E-state index >= 15 is 0 Å². The number of phenolic OH excluding ortho intramolecular Hbond substituents is 1. The van der Waals surface area contributed by atoms with Crippen LogP contribution in [-0.4, -0.2) is 18.2 Å². The highest BCUT2D eigenvalue weighted by atomic mass is 32.1. The Labute approximate surface area is 108 Å². The number of nitrogens with zero attached hydrogens (tertiary/aromatic N) is 1. The van der Waals surface area contributed by atoms with Gasteiger partial charge in [0.25, 0.3) is 5.70 Å². The summed E-state index contributed by atoms with van der Waals surface area (Å²) in [6, 6.07) is 6.88. The van der Waals surface area contributed by atoms with Gasteiger partial charge >= 0.3 is 5.97 Å². The number of rotatable bonds is 2. The average Bonchev–Trinajstić information content (AvgIpc) is 2.76. The predicted octanol–water partition coefficient (Wildman–Crippen LogP) is 3.04. The average molecular weight is 259 g/mol. The van der Waals surface area contributed by atoms with Crippen molar-refractivity contribution in [2.75, 3.05) is 7.11 Å². The standard InChI is InChI=1S/C13H9NO3S/c1-14-11(13(16)17-2)7-10-5-8-3-4-9(15)6-12(8)18-10/h3-7,15H,2H3/b11-7-. The second-order valence-corrected chi connectivity index (χ2v) is 4.62. The van der Waals surface area contributed by atoms with Crippen molar-refractivity contribution < 1.29 is 14.6 Å². The number of thiophene rings is 1. The summed E-state index contributed by atoms with van der Waals surface area (Å²) in [4.78, 5) is 15.2. The molecule has 2 aromatic rings. The zero-order valence-electron chi connectivity index (χ0n) is 9.51. The highest BCUT2D eigenvalue weighted by Crippen LogP contribution is 2.30. The molecule has 1 N–H and O–H groups in total. The molecule has 90 valence electrons. The number of carbonyl (C=O) groups excluding carboxylic acids is 1. The number of aromatic hydroxyl groups is 1. The van der Waals surface area contributed by atoms with Crippen molar-refractivity contribution in [1.29, 1.82) is 0 Å². The first-order chi connectivity index (χ1) is 8.63. The van der Waals surface area contributed by atoms with Crippen molar-refractivity contribution >= 4 is 33.5 Å². The predicted molar refractivity (Wildman–Crippen MR) is 70.1 cm³/mol. The van der Waals surface area contributed by atoms with Gasteiger partial charge < -0.3 is 9.84 Å². The van der Waals surface area contributed by atoms with E-state index in [1.54, 1.807) is 18.2 Å². The second kappa shape index (κ2) is 4.90. The summed E-state index contributed by atoms with van der Waals surface area (Å²) < 4.78 is 5.41. The second-order valence-electron chi connectivity index (χ2n) is 3.50. The topological polar surface area (TPSA) is 50.9 Å². The molecule has 0 atom stereocenters. The maximum atomic E-state index is 11.3. The Bertz CT molecular complexity index is 679. The van der Waals surface area contributed by atoms with Crippen LogP contribution in [0.3, 0.4) is 0 Å². The first-order valence-corrected chi connectivity index (χ1v) is 5.85. The van der Waals surface area contributed by atoms with Gasteiger partial charge in [-0.1, -0.05) is 0 Å². The molecule has 2 rings (SSSR count). The quantitative estimate of drug-likeness (QED) is 0.512. The van der Waals surface area contributed by atoms with Crippen LogP contribution in [-0.2, 0) is 9.53 Å². The van der Waals surface area contributed by atoms with Gasteiger partial charge in [-0.25, -0.2) is 4.85 Å². The lowest BCUT2D eigenvalue weighted by molar-refractivity contribution is -0.135. The van der Waals surface area contributed by atoms with E-state index in [0.29, 0.717) is 0 Å². The van der Waals surface area contributed by atoms with Crippen molar-refractivity contribution in [1.82, 2.24) is 0 Å². The fraction of sp³-hybridized carbons (Fsp3) is 0.0769. The molecule has 0 aliphatic rings. The van der Waals surface area contributed by atoms with Crippen LogP contribution >= 0.6 is 11.3 Å². The van der Waals surface area contributed by atoms with Gasteiger partial charge in [0, 0.05) is 9.58 Å². The monoisotopic (exact) mass is 259 g/mol. The van der Waals surface area contributed by atoms with Crippen LogP contribution in [0.2, 0.25) is 0 Å². The molecule has 0 bridgehead atoms. The summed E-state index contributed by atoms with van der Waals surface area (Å²) >= 11 is 1.40. The zero-order valence-corrected chi connectivity index (χ0v) is 10.3. The van der Waals surface area contributed by atoms with E-state index in [1.807, 2.05) is 6.07 Å². The molecule has 0 aliphatic heterocycles. The Hall–Kier alpha value is -2.32. The molecule has 1 heterocycles. The molecule has 0 aliphatic carbocycles. The molecule has 0 radical (unpaired) electrons. The fourth-order valence-electron chi connectivity index (χ4n) is 1.49. The van der Waals surface area contributed by atoms with Crippen molar-refractivity contribution in [3.63, 3.8) is 0 Å². The molecule has 1 aromatic carbocycles. The van der Waals surface area contributed by atoms with E-state index in [0.717, 1.165) is 15.0 Å². The van der Waals surface area contributed by atoms with Crippen LogP contribution in [0.5, 0.6) is 5.75 Å².